The van der Waals surface area contributed by atoms with Crippen LogP contribution in [0.2, 0.25) is 0 Å². The molecule has 1 heterocycles. The minimum absolute atomic E-state index is 0.0816. The number of hydrogen-bond donors (Lipinski definition) is 2. The molecule has 0 aliphatic rings. The van der Waals surface area contributed by atoms with E-state index in [-0.39, 0.29) is 5.91 Å². The van der Waals surface area contributed by atoms with Crippen molar-refractivity contribution < 1.29 is 4.79 Å². The monoisotopic (exact) mass is 287 g/mol. The average Bonchev–Trinajstić information content (AvgIpc) is 2.85. The Balaban J connectivity index is 1.96. The van der Waals surface area contributed by atoms with Crippen molar-refractivity contribution in [3.05, 3.63) is 41.5 Å². The molecule has 2 aromatic rings. The van der Waals surface area contributed by atoms with Crippen LogP contribution in [0.1, 0.15) is 28.7 Å². The summed E-state index contributed by atoms with van der Waals surface area (Å²) in [6.45, 7) is 5.32. The summed E-state index contributed by atoms with van der Waals surface area (Å²) in [6, 6.07) is 5.77. The Morgan fingerprint density at radius 1 is 1.38 bits per heavy atom. The molecule has 1 aromatic heterocycles. The van der Waals surface area contributed by atoms with Crippen LogP contribution in [0.25, 0.3) is 0 Å². The largest absolute Gasteiger partial charge is 0.385 e. The number of anilines is 1. The normalized spacial score (nSPS) is 10.4. The number of amides is 1. The lowest BCUT2D eigenvalue weighted by Gasteiger charge is -2.11. The molecule has 0 unspecified atom stereocenters. The summed E-state index contributed by atoms with van der Waals surface area (Å²) in [4.78, 5) is 16.4. The van der Waals surface area contributed by atoms with Gasteiger partial charge in [0, 0.05) is 32.2 Å². The van der Waals surface area contributed by atoms with Gasteiger partial charge in [-0.1, -0.05) is 6.07 Å². The highest BCUT2D eigenvalue weighted by molar-refractivity contribution is 5.99. The van der Waals surface area contributed by atoms with Crippen LogP contribution in [-0.2, 0) is 13.5 Å². The Morgan fingerprint density at radius 2 is 2.19 bits per heavy atom. The van der Waals surface area contributed by atoms with E-state index >= 15 is 0 Å². The maximum absolute atomic E-state index is 12.2. The van der Waals surface area contributed by atoms with E-state index < -0.39 is 0 Å². The van der Waals surface area contributed by atoms with E-state index in [4.69, 9.17) is 0 Å². The third-order valence-corrected chi connectivity index (χ3v) is 3.07. The Kier molecular flexibility index (Phi) is 4.92. The van der Waals surface area contributed by atoms with Crippen molar-refractivity contribution >= 4 is 11.6 Å². The molecule has 2 rings (SSSR count). The quantitative estimate of drug-likeness (QED) is 0.845. The van der Waals surface area contributed by atoms with Crippen LogP contribution in [0.3, 0.4) is 0 Å². The number of carbonyl (C=O) groups excluding carboxylic acids is 1. The predicted octanol–water partition coefficient (Wildman–Crippen LogP) is 1.53. The van der Waals surface area contributed by atoms with E-state index in [2.05, 4.69) is 20.7 Å². The van der Waals surface area contributed by atoms with E-state index in [1.54, 1.807) is 11.0 Å². The Labute approximate surface area is 124 Å². The number of nitrogens with zero attached hydrogens (tertiary/aromatic N) is 3. The van der Waals surface area contributed by atoms with Crippen LogP contribution >= 0.6 is 0 Å². The second-order valence-corrected chi connectivity index (χ2v) is 4.92. The van der Waals surface area contributed by atoms with E-state index in [1.165, 1.54) is 0 Å². The molecule has 0 radical (unpaired) electrons. The number of aryl methyl sites for hydroxylation is 2. The van der Waals surface area contributed by atoms with Crippen molar-refractivity contribution in [1.82, 2.24) is 20.1 Å². The van der Waals surface area contributed by atoms with Crippen molar-refractivity contribution in [3.63, 3.8) is 0 Å². The fourth-order valence-electron chi connectivity index (χ4n) is 2.07. The summed E-state index contributed by atoms with van der Waals surface area (Å²) in [6.07, 6.45) is 2.27. The van der Waals surface area contributed by atoms with Gasteiger partial charge in [-0.3, -0.25) is 9.48 Å². The van der Waals surface area contributed by atoms with E-state index in [9.17, 15) is 4.79 Å². The lowest BCUT2D eigenvalue weighted by molar-refractivity contribution is 0.0955. The van der Waals surface area contributed by atoms with Crippen LogP contribution in [0, 0.1) is 6.92 Å². The van der Waals surface area contributed by atoms with Crippen molar-refractivity contribution in [2.75, 3.05) is 18.4 Å². The molecule has 21 heavy (non-hydrogen) atoms. The zero-order valence-corrected chi connectivity index (χ0v) is 12.7. The van der Waals surface area contributed by atoms with Gasteiger partial charge in [0.25, 0.3) is 5.91 Å². The van der Waals surface area contributed by atoms with Gasteiger partial charge in [0.15, 0.2) is 5.82 Å². The summed E-state index contributed by atoms with van der Waals surface area (Å²) in [5, 5.41) is 10.3. The Bertz CT molecular complexity index is 620. The highest BCUT2D eigenvalue weighted by Gasteiger charge is 2.11. The first-order chi connectivity index (χ1) is 10.1. The lowest BCUT2D eigenvalue weighted by atomic mass is 10.1. The van der Waals surface area contributed by atoms with Crippen molar-refractivity contribution in [2.24, 2.45) is 7.05 Å². The van der Waals surface area contributed by atoms with Gasteiger partial charge in [0.2, 0.25) is 0 Å². The third kappa shape index (κ3) is 4.05. The van der Waals surface area contributed by atoms with Gasteiger partial charge in [0.05, 0.1) is 5.56 Å². The molecule has 1 aromatic carbocycles. The molecule has 0 fully saturated rings. The molecule has 0 bridgehead atoms. The van der Waals surface area contributed by atoms with Gasteiger partial charge in [0.1, 0.15) is 6.33 Å². The standard InChI is InChI=1S/C15H21N5O/c1-4-16-13-9-11(2)5-6-12(13)15(21)17-8-7-14-18-10-20(3)19-14/h5-6,9-10,16H,4,7-8H2,1-3H3,(H,17,21). The number of hydrogen-bond acceptors (Lipinski definition) is 4. The zero-order chi connectivity index (χ0) is 15.2. The molecule has 2 N–H and O–H groups in total. The van der Waals surface area contributed by atoms with Crippen LogP contribution in [0.15, 0.2) is 24.5 Å². The first-order valence-corrected chi connectivity index (χ1v) is 7.07. The number of rotatable bonds is 6. The maximum atomic E-state index is 12.2. The molecule has 6 nitrogen and oxygen atoms in total. The minimum atomic E-state index is -0.0816. The maximum Gasteiger partial charge on any atom is 0.253 e. The highest BCUT2D eigenvalue weighted by atomic mass is 16.1. The summed E-state index contributed by atoms with van der Waals surface area (Å²) in [7, 11) is 1.82. The summed E-state index contributed by atoms with van der Waals surface area (Å²) >= 11 is 0. The number of benzene rings is 1. The minimum Gasteiger partial charge on any atom is -0.385 e. The molecule has 0 saturated carbocycles. The van der Waals surface area contributed by atoms with E-state index in [1.807, 2.05) is 39.1 Å². The molecule has 1 amide bonds. The van der Waals surface area contributed by atoms with Crippen molar-refractivity contribution in [1.29, 1.82) is 0 Å². The Morgan fingerprint density at radius 3 is 2.86 bits per heavy atom. The van der Waals surface area contributed by atoms with Crippen LogP contribution in [-0.4, -0.2) is 33.8 Å². The molecular formula is C15H21N5O. The lowest BCUT2D eigenvalue weighted by Crippen LogP contribution is -2.27. The van der Waals surface area contributed by atoms with Gasteiger partial charge in [-0.2, -0.15) is 5.10 Å². The fourth-order valence-corrected chi connectivity index (χ4v) is 2.07. The first-order valence-electron chi connectivity index (χ1n) is 7.07. The van der Waals surface area contributed by atoms with Gasteiger partial charge >= 0.3 is 0 Å². The third-order valence-electron chi connectivity index (χ3n) is 3.07. The second-order valence-electron chi connectivity index (χ2n) is 4.92. The summed E-state index contributed by atoms with van der Waals surface area (Å²) in [5.41, 5.74) is 2.66. The molecule has 6 heteroatoms. The molecular weight excluding hydrogens is 266 g/mol. The average molecular weight is 287 g/mol. The Hall–Kier alpha value is -2.37. The molecule has 0 spiro atoms. The smallest absolute Gasteiger partial charge is 0.253 e. The molecule has 112 valence electrons. The van der Waals surface area contributed by atoms with Crippen molar-refractivity contribution in [3.8, 4) is 0 Å². The summed E-state index contributed by atoms with van der Waals surface area (Å²) in [5.74, 6) is 0.649. The van der Waals surface area contributed by atoms with E-state index in [0.29, 0.717) is 18.5 Å². The van der Waals surface area contributed by atoms with Crippen LogP contribution in [0.5, 0.6) is 0 Å². The molecule has 0 aliphatic heterocycles. The SMILES string of the molecule is CCNc1cc(C)ccc1C(=O)NCCc1ncn(C)n1. The molecule has 0 saturated heterocycles. The van der Waals surface area contributed by atoms with Crippen LogP contribution < -0.4 is 10.6 Å². The number of carbonyl (C=O) groups is 1. The number of aromatic nitrogens is 3. The van der Waals surface area contributed by atoms with Gasteiger partial charge in [-0.15, -0.1) is 0 Å². The topological polar surface area (TPSA) is 71.8 Å². The fraction of sp³-hybridized carbons (Fsp3) is 0.400. The first kappa shape index (κ1) is 15.0. The van der Waals surface area contributed by atoms with E-state index in [0.717, 1.165) is 23.6 Å². The predicted molar refractivity (Wildman–Crippen MR) is 82.4 cm³/mol. The molecule has 0 aliphatic carbocycles. The van der Waals surface area contributed by atoms with Crippen LogP contribution in [0.4, 0.5) is 5.69 Å². The molecule has 0 atom stereocenters. The van der Waals surface area contributed by atoms with Gasteiger partial charge < -0.3 is 10.6 Å². The van der Waals surface area contributed by atoms with Gasteiger partial charge in [-0.25, -0.2) is 4.98 Å². The second kappa shape index (κ2) is 6.88. The van der Waals surface area contributed by atoms with Gasteiger partial charge in [-0.05, 0) is 31.5 Å². The highest BCUT2D eigenvalue weighted by Crippen LogP contribution is 2.17. The van der Waals surface area contributed by atoms with Crippen molar-refractivity contribution in [2.45, 2.75) is 20.3 Å². The summed E-state index contributed by atoms with van der Waals surface area (Å²) < 4.78 is 1.65. The zero-order valence-electron chi connectivity index (χ0n) is 12.7. The number of nitrogens with one attached hydrogen (secondary N) is 2.